The van der Waals surface area contributed by atoms with Gasteiger partial charge in [-0.05, 0) is 25.0 Å². The van der Waals surface area contributed by atoms with E-state index < -0.39 is 40.5 Å². The molecule has 8 heteroatoms. The fraction of sp³-hybridized carbons (Fsp3) is 0.429. The van der Waals surface area contributed by atoms with Crippen LogP contribution in [0.1, 0.15) is 34.8 Å². The molecule has 2 aromatic rings. The van der Waals surface area contributed by atoms with Crippen LogP contribution >= 0.6 is 0 Å². The summed E-state index contributed by atoms with van der Waals surface area (Å²) in [6.45, 7) is 2.73. The molecule has 29 heavy (non-hydrogen) atoms. The van der Waals surface area contributed by atoms with Crippen LogP contribution in [-0.4, -0.2) is 40.4 Å². The molecule has 2 fully saturated rings. The van der Waals surface area contributed by atoms with Gasteiger partial charge < -0.3 is 20.3 Å². The number of benzene rings is 1. The molecule has 1 saturated heterocycles. The number of hydrogen-bond donors (Lipinski definition) is 2. The fourth-order valence-electron chi connectivity index (χ4n) is 4.98. The van der Waals surface area contributed by atoms with Crippen molar-refractivity contribution in [1.29, 1.82) is 0 Å². The first-order valence-electron chi connectivity index (χ1n) is 9.68. The van der Waals surface area contributed by atoms with Gasteiger partial charge in [-0.1, -0.05) is 12.2 Å². The first-order chi connectivity index (χ1) is 13.7. The molecule has 1 aromatic heterocycles. The first-order valence-corrected chi connectivity index (χ1v) is 9.68. The minimum atomic E-state index is -1.41. The molecule has 1 aliphatic heterocycles. The van der Waals surface area contributed by atoms with E-state index in [-0.39, 0.29) is 17.7 Å². The Kier molecular flexibility index (Phi) is 3.71. The zero-order valence-corrected chi connectivity index (χ0v) is 15.9. The summed E-state index contributed by atoms with van der Waals surface area (Å²) in [7, 11) is 0. The lowest BCUT2D eigenvalue weighted by Crippen LogP contribution is -2.43. The smallest absolute Gasteiger partial charge is 0.341 e. The molecule has 0 spiro atoms. The molecule has 3 N–H and O–H groups in total. The molecule has 1 aromatic carbocycles. The minimum Gasteiger partial charge on any atom is -0.477 e. The SMILES string of the molecule is Cc1c(N2C[C@H]3CC=C[C@@]3(N)C2)c(F)cc2c(=O)c(C(=O)O)cn(C3C[C@@H]3F)c12. The van der Waals surface area contributed by atoms with Crippen LogP contribution in [0.25, 0.3) is 10.9 Å². The molecule has 1 saturated carbocycles. The highest BCUT2D eigenvalue weighted by Gasteiger charge is 2.45. The van der Waals surface area contributed by atoms with Gasteiger partial charge in [0.05, 0.1) is 22.8 Å². The molecule has 0 amide bonds. The van der Waals surface area contributed by atoms with Crippen LogP contribution in [0.15, 0.2) is 29.2 Å². The van der Waals surface area contributed by atoms with E-state index in [0.29, 0.717) is 29.9 Å². The molecule has 2 heterocycles. The number of halogens is 2. The summed E-state index contributed by atoms with van der Waals surface area (Å²) in [5, 5.41) is 9.34. The summed E-state index contributed by atoms with van der Waals surface area (Å²) < 4.78 is 30.6. The van der Waals surface area contributed by atoms with Crippen LogP contribution in [0.3, 0.4) is 0 Å². The maximum Gasteiger partial charge on any atom is 0.341 e. The van der Waals surface area contributed by atoms with Crippen molar-refractivity contribution in [2.24, 2.45) is 11.7 Å². The minimum absolute atomic E-state index is 0.0375. The van der Waals surface area contributed by atoms with Crippen molar-refractivity contribution in [3.8, 4) is 0 Å². The van der Waals surface area contributed by atoms with E-state index in [1.54, 1.807) is 6.92 Å². The number of fused-ring (bicyclic) bond motifs is 2. The van der Waals surface area contributed by atoms with Gasteiger partial charge in [-0.2, -0.15) is 0 Å². The normalized spacial score (nSPS) is 30.2. The quantitative estimate of drug-likeness (QED) is 0.772. The highest BCUT2D eigenvalue weighted by Crippen LogP contribution is 2.44. The number of pyridine rings is 1. The summed E-state index contributed by atoms with van der Waals surface area (Å²) in [5.41, 5.74) is 5.95. The van der Waals surface area contributed by atoms with Gasteiger partial charge in [-0.15, -0.1) is 0 Å². The van der Waals surface area contributed by atoms with E-state index in [2.05, 4.69) is 0 Å². The highest BCUT2D eigenvalue weighted by atomic mass is 19.1. The van der Waals surface area contributed by atoms with Gasteiger partial charge in [0.15, 0.2) is 0 Å². The molecule has 152 valence electrons. The van der Waals surface area contributed by atoms with E-state index in [0.717, 1.165) is 12.5 Å². The Morgan fingerprint density at radius 2 is 2.14 bits per heavy atom. The highest BCUT2D eigenvalue weighted by molar-refractivity contribution is 5.95. The topological polar surface area (TPSA) is 88.6 Å². The Bertz CT molecular complexity index is 1160. The number of nitrogens with two attached hydrogens (primary N) is 1. The zero-order chi connectivity index (χ0) is 20.7. The number of carboxylic acid groups (broad SMARTS) is 1. The average Bonchev–Trinajstić information content (AvgIpc) is 3.12. The summed E-state index contributed by atoms with van der Waals surface area (Å²) in [5.74, 6) is -1.82. The second-order valence-electron chi connectivity index (χ2n) is 8.46. The molecular weight excluding hydrogens is 380 g/mol. The van der Waals surface area contributed by atoms with Crippen LogP contribution in [0.2, 0.25) is 0 Å². The van der Waals surface area contributed by atoms with Gasteiger partial charge in [0.1, 0.15) is 17.6 Å². The van der Waals surface area contributed by atoms with Crippen molar-refractivity contribution >= 4 is 22.6 Å². The van der Waals surface area contributed by atoms with Crippen molar-refractivity contribution in [1.82, 2.24) is 4.57 Å². The monoisotopic (exact) mass is 401 g/mol. The van der Waals surface area contributed by atoms with Crippen LogP contribution < -0.4 is 16.1 Å². The summed E-state index contributed by atoms with van der Waals surface area (Å²) >= 11 is 0. The molecule has 4 atom stereocenters. The second kappa shape index (κ2) is 5.89. The molecule has 1 unspecified atom stereocenters. The van der Waals surface area contributed by atoms with Gasteiger partial charge in [-0.3, -0.25) is 4.79 Å². The van der Waals surface area contributed by atoms with E-state index >= 15 is 4.39 Å². The Morgan fingerprint density at radius 3 is 2.76 bits per heavy atom. The Balaban J connectivity index is 1.74. The predicted molar refractivity (Wildman–Crippen MR) is 105 cm³/mol. The third kappa shape index (κ3) is 2.55. The fourth-order valence-corrected chi connectivity index (χ4v) is 4.98. The van der Waals surface area contributed by atoms with Crippen LogP contribution in [0.4, 0.5) is 14.5 Å². The van der Waals surface area contributed by atoms with Crippen LogP contribution in [0.5, 0.6) is 0 Å². The van der Waals surface area contributed by atoms with E-state index in [9.17, 15) is 19.1 Å². The third-order valence-electron chi connectivity index (χ3n) is 6.58. The Labute approximate surface area is 165 Å². The lowest BCUT2D eigenvalue weighted by atomic mass is 9.92. The largest absolute Gasteiger partial charge is 0.477 e. The summed E-state index contributed by atoms with van der Waals surface area (Å²) in [4.78, 5) is 26.1. The number of rotatable bonds is 3. The molecule has 6 nitrogen and oxygen atoms in total. The number of carboxylic acids is 1. The number of nitrogens with zero attached hydrogens (tertiary/aromatic N) is 2. The van der Waals surface area contributed by atoms with Gasteiger partial charge in [0.2, 0.25) is 5.43 Å². The Morgan fingerprint density at radius 1 is 1.41 bits per heavy atom. The lowest BCUT2D eigenvalue weighted by Gasteiger charge is -2.26. The molecule has 2 aliphatic carbocycles. The van der Waals surface area contributed by atoms with Crippen LogP contribution in [-0.2, 0) is 0 Å². The Hall–Kier alpha value is -2.74. The van der Waals surface area contributed by atoms with Crippen molar-refractivity contribution in [3.63, 3.8) is 0 Å². The van der Waals surface area contributed by atoms with Crippen molar-refractivity contribution in [2.45, 2.75) is 37.5 Å². The van der Waals surface area contributed by atoms with E-state index in [1.165, 1.54) is 10.8 Å². The number of allylic oxidation sites excluding steroid dienone is 1. The van der Waals surface area contributed by atoms with Crippen LogP contribution in [0, 0.1) is 18.7 Å². The van der Waals surface area contributed by atoms with Gasteiger partial charge in [0.25, 0.3) is 0 Å². The predicted octanol–water partition coefficient (Wildman–Crippen LogP) is 2.52. The van der Waals surface area contributed by atoms with Crippen molar-refractivity contribution in [3.05, 3.63) is 51.6 Å². The molecule has 0 bridgehead atoms. The van der Waals surface area contributed by atoms with E-state index in [1.807, 2.05) is 17.1 Å². The average molecular weight is 401 g/mol. The molecule has 5 rings (SSSR count). The van der Waals surface area contributed by atoms with Gasteiger partial charge in [-0.25, -0.2) is 13.6 Å². The number of hydrogen-bond acceptors (Lipinski definition) is 4. The number of carbonyl (C=O) groups is 1. The first kappa shape index (κ1) is 18.3. The number of aromatic carboxylic acids is 1. The van der Waals surface area contributed by atoms with Crippen molar-refractivity contribution < 1.29 is 18.7 Å². The molecular formula is C21H21F2N3O3. The second-order valence-corrected chi connectivity index (χ2v) is 8.46. The zero-order valence-electron chi connectivity index (χ0n) is 15.9. The maximum absolute atomic E-state index is 15.2. The number of aromatic nitrogens is 1. The van der Waals surface area contributed by atoms with Gasteiger partial charge in [0, 0.05) is 37.0 Å². The lowest BCUT2D eigenvalue weighted by molar-refractivity contribution is 0.0694. The standard InChI is InChI=1S/C21H21F2N3O3/c1-10-17-12(19(27)13(20(28)29)8-26(17)16-6-14(16)22)5-15(23)18(10)25-7-11-3-2-4-21(11,24)9-25/h2,4-5,8,11,14,16H,3,6-7,9,24H2,1H3,(H,28,29)/t11-,14+,16?,21-/m1/s1. The van der Waals surface area contributed by atoms with Gasteiger partial charge >= 0.3 is 5.97 Å². The maximum atomic E-state index is 15.2. The third-order valence-corrected chi connectivity index (χ3v) is 6.58. The number of aryl methyl sites for hydroxylation is 1. The van der Waals surface area contributed by atoms with Crippen molar-refractivity contribution in [2.75, 3.05) is 18.0 Å². The molecule has 0 radical (unpaired) electrons. The summed E-state index contributed by atoms with van der Waals surface area (Å²) in [6.07, 6.45) is 5.17. The van der Waals surface area contributed by atoms with E-state index in [4.69, 9.17) is 5.73 Å². The molecule has 3 aliphatic rings. The summed E-state index contributed by atoms with van der Waals surface area (Å²) in [6, 6.07) is 0.543. The number of alkyl halides is 1. The number of anilines is 1.